The van der Waals surface area contributed by atoms with Gasteiger partial charge in [0.25, 0.3) is 0 Å². The highest BCUT2D eigenvalue weighted by molar-refractivity contribution is 5.29. The molecule has 0 unspecified atom stereocenters. The number of hydrogen-bond acceptors (Lipinski definition) is 4. The Morgan fingerprint density at radius 1 is 1.06 bits per heavy atom. The molecule has 4 nitrogen and oxygen atoms in total. The summed E-state index contributed by atoms with van der Waals surface area (Å²) < 4.78 is 0. The van der Waals surface area contributed by atoms with Crippen LogP contribution in [-0.2, 0) is 0 Å². The lowest BCUT2D eigenvalue weighted by Crippen LogP contribution is -2.47. The molecule has 0 bridgehead atoms. The largest absolute Gasteiger partial charge is 0.338 e. The summed E-state index contributed by atoms with van der Waals surface area (Å²) in [6.07, 6.45) is 4.85. The minimum atomic E-state index is 0.869. The van der Waals surface area contributed by atoms with Crippen molar-refractivity contribution in [3.05, 3.63) is 18.5 Å². The summed E-state index contributed by atoms with van der Waals surface area (Å²) in [5.41, 5.74) is 0. The molecule has 2 rings (SSSR count). The van der Waals surface area contributed by atoms with Crippen LogP contribution < -0.4 is 4.90 Å². The van der Waals surface area contributed by atoms with Crippen LogP contribution in [0.5, 0.6) is 0 Å². The predicted octanol–water partition coefficient (Wildman–Crippen LogP) is 2.03. The molecule has 0 aromatic carbocycles. The van der Waals surface area contributed by atoms with Crippen molar-refractivity contribution >= 4 is 5.95 Å². The molecule has 1 saturated heterocycles. The number of anilines is 1. The van der Waals surface area contributed by atoms with Crippen LogP contribution in [-0.4, -0.2) is 47.6 Å². The van der Waals surface area contributed by atoms with Gasteiger partial charge in [-0.15, -0.1) is 0 Å². The third kappa shape index (κ3) is 4.30. The van der Waals surface area contributed by atoms with Crippen molar-refractivity contribution in [3.63, 3.8) is 0 Å². The first-order chi connectivity index (χ1) is 8.40. The van der Waals surface area contributed by atoms with Gasteiger partial charge in [0.1, 0.15) is 0 Å². The summed E-state index contributed by atoms with van der Waals surface area (Å²) in [5.74, 6) is 0.869. The zero-order chi connectivity index (χ0) is 12.5. The maximum atomic E-state index is 4.27. The first-order valence-electron chi connectivity index (χ1n) is 6.64. The van der Waals surface area contributed by atoms with Gasteiger partial charge in [0.15, 0.2) is 0 Å². The molecule has 4 heteroatoms. The predicted molar refractivity (Wildman–Crippen MR) is 72.3 cm³/mol. The zero-order valence-electron chi connectivity index (χ0n) is 11.3. The molecule has 1 fully saturated rings. The molecule has 17 heavy (non-hydrogen) atoms. The fourth-order valence-electron chi connectivity index (χ4n) is 1.94. The molecule has 0 N–H and O–H groups in total. The van der Waals surface area contributed by atoms with Crippen LogP contribution in [0, 0.1) is 0 Å². The van der Waals surface area contributed by atoms with Crippen LogP contribution in [0.3, 0.4) is 0 Å². The SMILES string of the molecule is CC.CCCN1CCN(c2ncccn2)CC1. The van der Waals surface area contributed by atoms with Crippen molar-refractivity contribution in [1.82, 2.24) is 14.9 Å². The van der Waals surface area contributed by atoms with Crippen LogP contribution in [0.1, 0.15) is 27.2 Å². The molecule has 0 radical (unpaired) electrons. The van der Waals surface area contributed by atoms with Gasteiger partial charge in [-0.25, -0.2) is 9.97 Å². The number of hydrogen-bond donors (Lipinski definition) is 0. The summed E-state index contributed by atoms with van der Waals surface area (Å²) in [7, 11) is 0. The number of aromatic nitrogens is 2. The first-order valence-corrected chi connectivity index (χ1v) is 6.64. The van der Waals surface area contributed by atoms with Gasteiger partial charge in [-0.05, 0) is 19.0 Å². The normalized spacial score (nSPS) is 16.3. The van der Waals surface area contributed by atoms with Gasteiger partial charge in [-0.2, -0.15) is 0 Å². The number of piperazine rings is 1. The molecule has 0 aliphatic carbocycles. The molecule has 2 heterocycles. The van der Waals surface area contributed by atoms with Crippen molar-refractivity contribution < 1.29 is 0 Å². The smallest absolute Gasteiger partial charge is 0.225 e. The van der Waals surface area contributed by atoms with Gasteiger partial charge in [0.2, 0.25) is 5.95 Å². The van der Waals surface area contributed by atoms with Gasteiger partial charge in [0, 0.05) is 38.6 Å². The summed E-state index contributed by atoms with van der Waals surface area (Å²) in [6.45, 7) is 11.8. The quantitative estimate of drug-likeness (QED) is 0.804. The van der Waals surface area contributed by atoms with Gasteiger partial charge < -0.3 is 4.90 Å². The van der Waals surface area contributed by atoms with Crippen molar-refractivity contribution in [3.8, 4) is 0 Å². The van der Waals surface area contributed by atoms with E-state index in [9.17, 15) is 0 Å². The third-order valence-electron chi connectivity index (χ3n) is 2.75. The topological polar surface area (TPSA) is 32.3 Å². The van der Waals surface area contributed by atoms with Crippen molar-refractivity contribution in [2.45, 2.75) is 27.2 Å². The summed E-state index contributed by atoms with van der Waals surface area (Å²) >= 11 is 0. The van der Waals surface area contributed by atoms with Gasteiger partial charge in [-0.3, -0.25) is 4.90 Å². The molecule has 1 aliphatic heterocycles. The van der Waals surface area contributed by atoms with E-state index in [2.05, 4.69) is 26.7 Å². The Morgan fingerprint density at radius 3 is 2.18 bits per heavy atom. The minimum Gasteiger partial charge on any atom is -0.338 e. The molecular formula is C13H24N4. The van der Waals surface area contributed by atoms with Gasteiger partial charge in [0.05, 0.1) is 0 Å². The van der Waals surface area contributed by atoms with E-state index in [1.54, 1.807) is 12.4 Å². The summed E-state index contributed by atoms with van der Waals surface area (Å²) in [4.78, 5) is 13.3. The average molecular weight is 236 g/mol. The second-order valence-corrected chi connectivity index (χ2v) is 3.88. The van der Waals surface area contributed by atoms with Crippen molar-refractivity contribution in [2.75, 3.05) is 37.6 Å². The highest BCUT2D eigenvalue weighted by atomic mass is 15.3. The van der Waals surface area contributed by atoms with E-state index in [1.807, 2.05) is 19.9 Å². The molecule has 1 aromatic rings. The van der Waals surface area contributed by atoms with Gasteiger partial charge in [-0.1, -0.05) is 20.8 Å². The van der Waals surface area contributed by atoms with E-state index in [1.165, 1.54) is 13.0 Å². The maximum absolute atomic E-state index is 4.27. The Kier molecular flexibility index (Phi) is 6.55. The second-order valence-electron chi connectivity index (χ2n) is 3.88. The Labute approximate surface area is 105 Å². The fourth-order valence-corrected chi connectivity index (χ4v) is 1.94. The van der Waals surface area contributed by atoms with E-state index < -0.39 is 0 Å². The Morgan fingerprint density at radius 2 is 1.65 bits per heavy atom. The third-order valence-corrected chi connectivity index (χ3v) is 2.75. The second kappa shape index (κ2) is 8.01. The lowest BCUT2D eigenvalue weighted by atomic mass is 10.3. The molecule has 1 aromatic heterocycles. The Bertz CT molecular complexity index is 281. The standard InChI is InChI=1S/C11H18N4.C2H6/c1-2-6-14-7-9-15(10-8-14)11-12-4-3-5-13-11;1-2/h3-5H,2,6-10H2,1H3;1-2H3. The fraction of sp³-hybridized carbons (Fsp3) is 0.692. The van der Waals surface area contributed by atoms with Crippen LogP contribution in [0.25, 0.3) is 0 Å². The minimum absolute atomic E-state index is 0.869. The van der Waals surface area contributed by atoms with E-state index in [4.69, 9.17) is 0 Å². The lowest BCUT2D eigenvalue weighted by Gasteiger charge is -2.34. The van der Waals surface area contributed by atoms with Gasteiger partial charge >= 0.3 is 0 Å². The molecule has 96 valence electrons. The molecule has 0 atom stereocenters. The lowest BCUT2D eigenvalue weighted by molar-refractivity contribution is 0.257. The monoisotopic (exact) mass is 236 g/mol. The molecule has 1 aliphatic rings. The first kappa shape index (κ1) is 13.9. The Balaban J connectivity index is 0.000000686. The van der Waals surface area contributed by atoms with E-state index >= 15 is 0 Å². The zero-order valence-corrected chi connectivity index (χ0v) is 11.3. The van der Waals surface area contributed by atoms with Crippen LogP contribution in [0.4, 0.5) is 5.95 Å². The average Bonchev–Trinajstić information content (AvgIpc) is 2.43. The molecule has 0 saturated carbocycles. The number of rotatable bonds is 3. The summed E-state index contributed by atoms with van der Waals surface area (Å²) in [6, 6.07) is 1.86. The van der Waals surface area contributed by atoms with Crippen molar-refractivity contribution in [1.29, 1.82) is 0 Å². The van der Waals surface area contributed by atoms with Crippen molar-refractivity contribution in [2.24, 2.45) is 0 Å². The Hall–Kier alpha value is -1.16. The number of nitrogens with zero attached hydrogens (tertiary/aromatic N) is 4. The van der Waals surface area contributed by atoms with Crippen LogP contribution >= 0.6 is 0 Å². The van der Waals surface area contributed by atoms with E-state index in [0.29, 0.717) is 0 Å². The molecular weight excluding hydrogens is 212 g/mol. The molecule has 0 spiro atoms. The van der Waals surface area contributed by atoms with E-state index in [0.717, 1.165) is 32.1 Å². The van der Waals surface area contributed by atoms with Crippen LogP contribution in [0.15, 0.2) is 18.5 Å². The summed E-state index contributed by atoms with van der Waals surface area (Å²) in [5, 5.41) is 0. The molecule has 0 amide bonds. The van der Waals surface area contributed by atoms with E-state index in [-0.39, 0.29) is 0 Å². The highest BCUT2D eigenvalue weighted by Crippen LogP contribution is 2.09. The van der Waals surface area contributed by atoms with Crippen LogP contribution in [0.2, 0.25) is 0 Å². The highest BCUT2D eigenvalue weighted by Gasteiger charge is 2.17. The maximum Gasteiger partial charge on any atom is 0.225 e.